The van der Waals surface area contributed by atoms with Gasteiger partial charge in [0.1, 0.15) is 11.6 Å². The van der Waals surface area contributed by atoms with E-state index in [9.17, 15) is 14.7 Å². The maximum Gasteiger partial charge on any atom is 0.263 e. The predicted molar refractivity (Wildman–Crippen MR) is 144 cm³/mol. The van der Waals surface area contributed by atoms with E-state index < -0.39 is 11.1 Å². The molecule has 1 aromatic heterocycles. The molecule has 10 heteroatoms. The van der Waals surface area contributed by atoms with Gasteiger partial charge in [0.05, 0.1) is 22.7 Å². The van der Waals surface area contributed by atoms with Crippen LogP contribution in [0.15, 0.2) is 36.5 Å². The molecule has 2 aliphatic rings. The summed E-state index contributed by atoms with van der Waals surface area (Å²) in [5.41, 5.74) is -1.37. The summed E-state index contributed by atoms with van der Waals surface area (Å²) in [4.78, 5) is 32.5. The van der Waals surface area contributed by atoms with Crippen LogP contribution in [0.3, 0.4) is 0 Å². The minimum atomic E-state index is -1.11. The van der Waals surface area contributed by atoms with E-state index in [0.29, 0.717) is 21.4 Å². The molecule has 2 aliphatic heterocycles. The number of carbonyl (C=O) groups is 2. The number of halogens is 2. The lowest BCUT2D eigenvalue weighted by Crippen LogP contribution is -2.55. The van der Waals surface area contributed by atoms with Crippen molar-refractivity contribution in [3.63, 3.8) is 0 Å². The molecule has 1 aromatic carbocycles. The van der Waals surface area contributed by atoms with Gasteiger partial charge >= 0.3 is 0 Å². The van der Waals surface area contributed by atoms with Crippen LogP contribution in [-0.2, 0) is 4.79 Å². The minimum Gasteiger partial charge on any atom is -0.476 e. The van der Waals surface area contributed by atoms with Crippen LogP contribution in [0.4, 0.5) is 5.82 Å². The number of nitrogens with one attached hydrogen (secondary N) is 2. The second-order valence-electron chi connectivity index (χ2n) is 11.0. The Hall–Kier alpha value is -2.55. The van der Waals surface area contributed by atoms with Gasteiger partial charge in [-0.1, -0.05) is 23.2 Å². The number of fused-ring (bicyclic) bond motifs is 2. The van der Waals surface area contributed by atoms with Crippen molar-refractivity contribution in [2.24, 2.45) is 0 Å². The van der Waals surface area contributed by atoms with Crippen LogP contribution < -0.4 is 20.3 Å². The molecule has 3 atom stereocenters. The van der Waals surface area contributed by atoms with Crippen molar-refractivity contribution < 1.29 is 19.4 Å². The van der Waals surface area contributed by atoms with Crippen LogP contribution in [0.5, 0.6) is 5.75 Å². The molecule has 0 saturated carbocycles. The molecule has 2 amide bonds. The van der Waals surface area contributed by atoms with E-state index in [-0.39, 0.29) is 36.5 Å². The Balaban J connectivity index is 1.37. The molecule has 0 unspecified atom stereocenters. The zero-order valence-electron chi connectivity index (χ0n) is 21.6. The molecule has 0 radical (unpaired) electrons. The van der Waals surface area contributed by atoms with Gasteiger partial charge in [0.2, 0.25) is 0 Å². The quantitative estimate of drug-likeness (QED) is 0.452. The zero-order chi connectivity index (χ0) is 27.0. The van der Waals surface area contributed by atoms with E-state index in [1.54, 1.807) is 58.2 Å². The molecule has 200 valence electrons. The first kappa shape index (κ1) is 27.5. The van der Waals surface area contributed by atoms with Gasteiger partial charge in [-0.05, 0) is 83.7 Å². The number of ether oxygens (including phenoxy) is 1. The highest BCUT2D eigenvalue weighted by Crippen LogP contribution is 2.39. The number of amides is 2. The molecule has 2 saturated heterocycles. The van der Waals surface area contributed by atoms with Gasteiger partial charge in [0.15, 0.2) is 5.60 Å². The molecule has 2 bridgehead atoms. The Labute approximate surface area is 227 Å². The Bertz CT molecular complexity index is 1140. The van der Waals surface area contributed by atoms with Gasteiger partial charge in [0.25, 0.3) is 11.8 Å². The van der Waals surface area contributed by atoms with Crippen molar-refractivity contribution in [2.75, 3.05) is 11.5 Å². The lowest BCUT2D eigenvalue weighted by atomic mass is 9.96. The number of nitrogens with zero attached hydrogens (tertiary/aromatic N) is 2. The van der Waals surface area contributed by atoms with Crippen LogP contribution in [-0.4, -0.2) is 57.8 Å². The van der Waals surface area contributed by atoms with Crippen molar-refractivity contribution in [2.45, 2.75) is 82.6 Å². The minimum absolute atomic E-state index is 0.0237. The van der Waals surface area contributed by atoms with Crippen LogP contribution in [0.25, 0.3) is 0 Å². The topological polar surface area (TPSA) is 104 Å². The molecule has 0 aliphatic carbocycles. The Kier molecular flexibility index (Phi) is 7.93. The molecule has 4 rings (SSSR count). The Morgan fingerprint density at radius 2 is 1.78 bits per heavy atom. The molecule has 3 heterocycles. The molecule has 8 nitrogen and oxygen atoms in total. The first-order valence-corrected chi connectivity index (χ1v) is 13.3. The highest BCUT2D eigenvalue weighted by Gasteiger charge is 2.43. The average Bonchev–Trinajstić information content (AvgIpc) is 3.10. The van der Waals surface area contributed by atoms with Crippen molar-refractivity contribution in [1.29, 1.82) is 0 Å². The van der Waals surface area contributed by atoms with E-state index in [0.717, 1.165) is 31.5 Å². The summed E-state index contributed by atoms with van der Waals surface area (Å²) in [5.74, 6) is 0.767. The van der Waals surface area contributed by atoms with Crippen molar-refractivity contribution in [1.82, 2.24) is 15.6 Å². The number of piperidine rings is 1. The number of aliphatic hydroxyl groups excluding tert-OH is 1. The second kappa shape index (κ2) is 10.7. The van der Waals surface area contributed by atoms with E-state index in [1.165, 1.54) is 0 Å². The summed E-state index contributed by atoms with van der Waals surface area (Å²) in [6, 6.07) is 9.08. The largest absolute Gasteiger partial charge is 0.476 e. The molecule has 3 N–H and O–H groups in total. The standard InChI is InChI=1S/C27H34Cl2N4O4/c1-26(2,15-34)32-24(35)16-5-10-23(30-14-16)33-19-7-8-20(33)13-18(12-19)31-25(36)27(3,4)37-22-9-6-17(28)11-21(22)29/h5-6,9-11,14,18-20,34H,7-8,12-13,15H2,1-4H3,(H,31,36)(H,32,35)/t18-,19+,20-. The number of anilines is 1. The summed E-state index contributed by atoms with van der Waals surface area (Å²) < 4.78 is 5.95. The van der Waals surface area contributed by atoms with Crippen LogP contribution in [0, 0.1) is 0 Å². The maximum absolute atomic E-state index is 13.1. The van der Waals surface area contributed by atoms with E-state index >= 15 is 0 Å². The number of pyridine rings is 1. The Morgan fingerprint density at radius 1 is 1.11 bits per heavy atom. The van der Waals surface area contributed by atoms with Crippen molar-refractivity contribution >= 4 is 40.8 Å². The normalized spacial score (nSPS) is 21.5. The number of aromatic nitrogens is 1. The average molecular weight is 549 g/mol. The van der Waals surface area contributed by atoms with Crippen LogP contribution in [0.2, 0.25) is 10.0 Å². The predicted octanol–water partition coefficient (Wildman–Crippen LogP) is 4.36. The molecule has 0 spiro atoms. The summed E-state index contributed by atoms with van der Waals surface area (Å²) in [7, 11) is 0. The first-order valence-electron chi connectivity index (χ1n) is 12.5. The highest BCUT2D eigenvalue weighted by molar-refractivity contribution is 6.35. The smallest absolute Gasteiger partial charge is 0.263 e. The monoisotopic (exact) mass is 548 g/mol. The summed E-state index contributed by atoms with van der Waals surface area (Å²) in [6.07, 6.45) is 5.22. The van der Waals surface area contributed by atoms with Gasteiger partial charge in [0, 0.05) is 29.3 Å². The zero-order valence-corrected chi connectivity index (χ0v) is 23.1. The fourth-order valence-corrected chi connectivity index (χ4v) is 5.45. The third-order valence-electron chi connectivity index (χ3n) is 7.00. The lowest BCUT2D eigenvalue weighted by Gasteiger charge is -2.41. The number of hydrogen-bond donors (Lipinski definition) is 3. The maximum atomic E-state index is 13.1. The second-order valence-corrected chi connectivity index (χ2v) is 11.9. The number of benzene rings is 1. The third kappa shape index (κ3) is 6.30. The van der Waals surface area contributed by atoms with E-state index in [4.69, 9.17) is 27.9 Å². The number of carbonyl (C=O) groups excluding carboxylic acids is 2. The third-order valence-corrected chi connectivity index (χ3v) is 7.53. The fourth-order valence-electron chi connectivity index (χ4n) is 5.00. The molecule has 2 aromatic rings. The summed E-state index contributed by atoms with van der Waals surface area (Å²) in [5, 5.41) is 16.2. The van der Waals surface area contributed by atoms with Crippen molar-refractivity contribution in [3.8, 4) is 5.75 Å². The van der Waals surface area contributed by atoms with E-state index in [1.807, 2.05) is 6.07 Å². The number of rotatable bonds is 8. The first-order chi connectivity index (χ1) is 17.4. The molecular formula is C27H34Cl2N4O4. The Morgan fingerprint density at radius 3 is 2.35 bits per heavy atom. The number of aliphatic hydroxyl groups is 1. The SMILES string of the molecule is CC(C)(CO)NC(=O)c1ccc(N2[C@@H]3CC[C@H]2C[C@@H](NC(=O)C(C)(C)Oc2ccc(Cl)cc2Cl)C3)nc1. The van der Waals surface area contributed by atoms with Gasteiger partial charge in [-0.3, -0.25) is 9.59 Å². The number of hydrogen-bond acceptors (Lipinski definition) is 6. The summed E-state index contributed by atoms with van der Waals surface area (Å²) >= 11 is 12.2. The van der Waals surface area contributed by atoms with Gasteiger partial charge in [-0.2, -0.15) is 0 Å². The summed E-state index contributed by atoms with van der Waals surface area (Å²) in [6.45, 7) is 6.80. The van der Waals surface area contributed by atoms with Gasteiger partial charge < -0.3 is 25.4 Å². The van der Waals surface area contributed by atoms with Crippen LogP contribution >= 0.6 is 23.2 Å². The fraction of sp³-hybridized carbons (Fsp3) is 0.519. The van der Waals surface area contributed by atoms with E-state index in [2.05, 4.69) is 20.5 Å². The van der Waals surface area contributed by atoms with Crippen molar-refractivity contribution in [3.05, 3.63) is 52.1 Å². The lowest BCUT2D eigenvalue weighted by molar-refractivity contribution is -0.135. The van der Waals surface area contributed by atoms with Gasteiger partial charge in [-0.25, -0.2) is 4.98 Å². The van der Waals surface area contributed by atoms with Crippen LogP contribution in [0.1, 0.15) is 63.7 Å². The van der Waals surface area contributed by atoms with Gasteiger partial charge in [-0.15, -0.1) is 0 Å². The molecular weight excluding hydrogens is 515 g/mol. The highest BCUT2D eigenvalue weighted by atomic mass is 35.5. The molecule has 2 fully saturated rings. The molecule has 37 heavy (non-hydrogen) atoms.